The zero-order valence-electron chi connectivity index (χ0n) is 12.1. The van der Waals surface area contributed by atoms with Crippen LogP contribution in [0.4, 0.5) is 0 Å². The van der Waals surface area contributed by atoms with Gasteiger partial charge in [0, 0.05) is 41.8 Å². The number of carbonyl (C=O) groups is 1. The van der Waals surface area contributed by atoms with E-state index in [2.05, 4.69) is 27.0 Å². The first-order chi connectivity index (χ1) is 10.8. The maximum absolute atomic E-state index is 11.7. The summed E-state index contributed by atoms with van der Waals surface area (Å²) in [5.41, 5.74) is 0.992. The lowest BCUT2D eigenvalue weighted by Crippen LogP contribution is -2.23. The summed E-state index contributed by atoms with van der Waals surface area (Å²) in [6.07, 6.45) is 8.13. The van der Waals surface area contributed by atoms with Crippen molar-refractivity contribution in [2.45, 2.75) is 13.0 Å². The van der Waals surface area contributed by atoms with E-state index in [1.165, 1.54) is 0 Å². The maximum atomic E-state index is 11.7. The number of hydrogen-bond acceptors (Lipinski definition) is 3. The molecule has 22 heavy (non-hydrogen) atoms. The van der Waals surface area contributed by atoms with Crippen LogP contribution in [-0.4, -0.2) is 22.0 Å². The largest absolute Gasteiger partial charge is 0.352 e. The van der Waals surface area contributed by atoms with Crippen molar-refractivity contribution in [3.8, 4) is 0 Å². The van der Waals surface area contributed by atoms with Crippen LogP contribution in [0.2, 0.25) is 0 Å². The Morgan fingerprint density at radius 2 is 2.27 bits per heavy atom. The monoisotopic (exact) mass is 311 g/mol. The SMILES string of the molecule is O=C(C=Cc1cccs1)NCCCn1ccc2cccnc21. The molecule has 0 atom stereocenters. The highest BCUT2D eigenvalue weighted by atomic mass is 32.1. The molecule has 112 valence electrons. The van der Waals surface area contributed by atoms with E-state index < -0.39 is 0 Å². The van der Waals surface area contributed by atoms with Gasteiger partial charge in [0.1, 0.15) is 5.65 Å². The zero-order chi connectivity index (χ0) is 15.2. The van der Waals surface area contributed by atoms with Gasteiger partial charge in [-0.3, -0.25) is 4.79 Å². The lowest BCUT2D eigenvalue weighted by Gasteiger charge is -2.05. The van der Waals surface area contributed by atoms with E-state index >= 15 is 0 Å². The van der Waals surface area contributed by atoms with Crippen molar-refractivity contribution in [1.29, 1.82) is 0 Å². The topological polar surface area (TPSA) is 46.9 Å². The Hall–Kier alpha value is -2.40. The van der Waals surface area contributed by atoms with E-state index in [4.69, 9.17) is 0 Å². The highest BCUT2D eigenvalue weighted by molar-refractivity contribution is 7.10. The average Bonchev–Trinajstić information content (AvgIpc) is 3.19. The fraction of sp³-hybridized carbons (Fsp3) is 0.176. The molecule has 5 heteroatoms. The number of pyridine rings is 1. The Morgan fingerprint density at radius 3 is 3.14 bits per heavy atom. The number of fused-ring (bicyclic) bond motifs is 1. The van der Waals surface area contributed by atoms with Gasteiger partial charge in [0.15, 0.2) is 0 Å². The third kappa shape index (κ3) is 3.62. The number of carbonyl (C=O) groups excluding carboxylic acids is 1. The lowest BCUT2D eigenvalue weighted by molar-refractivity contribution is -0.116. The minimum atomic E-state index is -0.0520. The fourth-order valence-corrected chi connectivity index (χ4v) is 2.88. The Balaban J connectivity index is 1.44. The van der Waals surface area contributed by atoms with Crippen molar-refractivity contribution in [3.05, 3.63) is 59.1 Å². The molecule has 0 spiro atoms. The highest BCUT2D eigenvalue weighted by Crippen LogP contribution is 2.12. The molecule has 0 fully saturated rings. The number of thiophene rings is 1. The van der Waals surface area contributed by atoms with Gasteiger partial charge in [-0.05, 0) is 42.1 Å². The maximum Gasteiger partial charge on any atom is 0.244 e. The van der Waals surface area contributed by atoms with Gasteiger partial charge in [-0.1, -0.05) is 6.07 Å². The second kappa shape index (κ2) is 7.04. The van der Waals surface area contributed by atoms with E-state index in [-0.39, 0.29) is 5.91 Å². The predicted octanol–water partition coefficient (Wildman–Crippen LogP) is 3.32. The van der Waals surface area contributed by atoms with Crippen LogP contribution in [0.3, 0.4) is 0 Å². The number of aryl methyl sites for hydroxylation is 1. The van der Waals surface area contributed by atoms with Crippen molar-refractivity contribution in [2.75, 3.05) is 6.54 Å². The molecule has 0 aliphatic rings. The van der Waals surface area contributed by atoms with Crippen molar-refractivity contribution in [2.24, 2.45) is 0 Å². The van der Waals surface area contributed by atoms with Gasteiger partial charge in [-0.2, -0.15) is 0 Å². The first-order valence-electron chi connectivity index (χ1n) is 7.22. The fourth-order valence-electron chi connectivity index (χ4n) is 2.26. The van der Waals surface area contributed by atoms with Gasteiger partial charge in [-0.15, -0.1) is 11.3 Å². The van der Waals surface area contributed by atoms with E-state index in [0.717, 1.165) is 28.9 Å². The molecular weight excluding hydrogens is 294 g/mol. The first-order valence-corrected chi connectivity index (χ1v) is 8.10. The normalized spacial score (nSPS) is 11.3. The summed E-state index contributed by atoms with van der Waals surface area (Å²) >= 11 is 1.62. The Kier molecular flexibility index (Phi) is 4.65. The molecule has 0 saturated carbocycles. The van der Waals surface area contributed by atoms with E-state index in [1.807, 2.05) is 35.9 Å². The quantitative estimate of drug-likeness (QED) is 0.561. The van der Waals surface area contributed by atoms with Crippen molar-refractivity contribution < 1.29 is 4.79 Å². The smallest absolute Gasteiger partial charge is 0.244 e. The number of aromatic nitrogens is 2. The summed E-state index contributed by atoms with van der Waals surface area (Å²) in [6, 6.07) is 10.0. The summed E-state index contributed by atoms with van der Waals surface area (Å²) in [7, 11) is 0. The minimum Gasteiger partial charge on any atom is -0.352 e. The van der Waals surface area contributed by atoms with Gasteiger partial charge < -0.3 is 9.88 Å². The first kappa shape index (κ1) is 14.5. The molecule has 1 N–H and O–H groups in total. The van der Waals surface area contributed by atoms with E-state index in [0.29, 0.717) is 6.54 Å². The van der Waals surface area contributed by atoms with Crippen molar-refractivity contribution >= 4 is 34.4 Å². The van der Waals surface area contributed by atoms with Crippen LogP contribution in [0.15, 0.2) is 54.2 Å². The van der Waals surface area contributed by atoms with E-state index in [1.54, 1.807) is 23.6 Å². The molecule has 0 saturated heterocycles. The van der Waals surface area contributed by atoms with Crippen LogP contribution in [0.1, 0.15) is 11.3 Å². The molecule has 0 aromatic carbocycles. The number of amides is 1. The Morgan fingerprint density at radius 1 is 1.32 bits per heavy atom. The molecule has 3 heterocycles. The zero-order valence-corrected chi connectivity index (χ0v) is 12.9. The molecule has 4 nitrogen and oxygen atoms in total. The molecule has 0 unspecified atom stereocenters. The number of hydrogen-bond donors (Lipinski definition) is 1. The Labute approximate surface area is 133 Å². The summed E-state index contributed by atoms with van der Waals surface area (Å²) in [5, 5.41) is 6.04. The van der Waals surface area contributed by atoms with Crippen LogP contribution in [0, 0.1) is 0 Å². The molecular formula is C17H17N3OS. The minimum absolute atomic E-state index is 0.0520. The van der Waals surface area contributed by atoms with Crippen molar-refractivity contribution in [1.82, 2.24) is 14.9 Å². The Bertz CT molecular complexity index is 774. The van der Waals surface area contributed by atoms with Crippen molar-refractivity contribution in [3.63, 3.8) is 0 Å². The summed E-state index contributed by atoms with van der Waals surface area (Å²) in [6.45, 7) is 1.50. The second-order valence-electron chi connectivity index (χ2n) is 4.92. The van der Waals surface area contributed by atoms with E-state index in [9.17, 15) is 4.79 Å². The van der Waals surface area contributed by atoms with Crippen LogP contribution < -0.4 is 5.32 Å². The van der Waals surface area contributed by atoms with Crippen LogP contribution in [-0.2, 0) is 11.3 Å². The van der Waals surface area contributed by atoms with Crippen LogP contribution >= 0.6 is 11.3 Å². The lowest BCUT2D eigenvalue weighted by atomic mass is 10.3. The number of rotatable bonds is 6. The predicted molar refractivity (Wildman–Crippen MR) is 90.7 cm³/mol. The van der Waals surface area contributed by atoms with Crippen LogP contribution in [0.5, 0.6) is 0 Å². The van der Waals surface area contributed by atoms with Gasteiger partial charge in [0.2, 0.25) is 5.91 Å². The van der Waals surface area contributed by atoms with Crippen LogP contribution in [0.25, 0.3) is 17.1 Å². The van der Waals surface area contributed by atoms with Gasteiger partial charge >= 0.3 is 0 Å². The molecule has 0 bridgehead atoms. The van der Waals surface area contributed by atoms with Gasteiger partial charge in [0.05, 0.1) is 0 Å². The summed E-state index contributed by atoms with van der Waals surface area (Å²) < 4.78 is 2.11. The molecule has 3 rings (SSSR count). The third-order valence-corrected chi connectivity index (χ3v) is 4.18. The second-order valence-corrected chi connectivity index (χ2v) is 5.90. The molecule has 0 aliphatic heterocycles. The number of nitrogens with zero attached hydrogens (tertiary/aromatic N) is 2. The average molecular weight is 311 g/mol. The molecule has 1 amide bonds. The molecule has 0 aliphatic carbocycles. The highest BCUT2D eigenvalue weighted by Gasteiger charge is 2.01. The number of nitrogens with one attached hydrogen (secondary N) is 1. The summed E-state index contributed by atoms with van der Waals surface area (Å²) in [5.74, 6) is -0.0520. The van der Waals surface area contributed by atoms with Gasteiger partial charge in [-0.25, -0.2) is 4.98 Å². The summed E-state index contributed by atoms with van der Waals surface area (Å²) in [4.78, 5) is 17.2. The molecule has 0 radical (unpaired) electrons. The van der Waals surface area contributed by atoms with Gasteiger partial charge in [0.25, 0.3) is 0 Å². The standard InChI is InChI=1S/C17H17N3OS/c21-16(7-6-15-5-2-13-22-15)18-10-3-11-20-12-8-14-4-1-9-19-17(14)20/h1-2,4-9,12-13H,3,10-11H2,(H,18,21). The third-order valence-electron chi connectivity index (χ3n) is 3.34. The molecule has 3 aromatic heterocycles. The molecule has 3 aromatic rings.